The molecule has 2 aromatic carbocycles. The van der Waals surface area contributed by atoms with Gasteiger partial charge in [-0.1, -0.05) is 17.7 Å². The number of piperidine rings is 1. The van der Waals surface area contributed by atoms with Crippen molar-refractivity contribution in [3.05, 3.63) is 65.9 Å². The van der Waals surface area contributed by atoms with Crippen molar-refractivity contribution in [3.8, 4) is 22.7 Å². The van der Waals surface area contributed by atoms with E-state index in [1.807, 2.05) is 61.5 Å². The van der Waals surface area contributed by atoms with Crippen LogP contribution in [0.25, 0.3) is 16.9 Å². The van der Waals surface area contributed by atoms with E-state index >= 15 is 0 Å². The number of amides is 2. The zero-order chi connectivity index (χ0) is 24.5. The molecule has 0 bridgehead atoms. The number of benzene rings is 2. The molecular weight excluding hydrogens is 436 g/mol. The summed E-state index contributed by atoms with van der Waals surface area (Å²) in [5, 5.41) is 25.1. The lowest BCUT2D eigenvalue weighted by atomic mass is 9.75. The van der Waals surface area contributed by atoms with Crippen molar-refractivity contribution in [1.82, 2.24) is 19.7 Å². The van der Waals surface area contributed by atoms with Gasteiger partial charge in [0.15, 0.2) is 0 Å². The molecule has 3 aromatic rings. The van der Waals surface area contributed by atoms with Gasteiger partial charge in [0.25, 0.3) is 0 Å². The summed E-state index contributed by atoms with van der Waals surface area (Å²) in [7, 11) is 2.86. The molecule has 0 aliphatic carbocycles. The van der Waals surface area contributed by atoms with Gasteiger partial charge in [0.1, 0.15) is 11.2 Å². The van der Waals surface area contributed by atoms with Gasteiger partial charge in [0.05, 0.1) is 24.2 Å². The Balaban J connectivity index is 1.78. The van der Waals surface area contributed by atoms with Crippen LogP contribution in [0.2, 0.25) is 0 Å². The molecule has 0 spiro atoms. The number of carbonyl (C=O) groups excluding carboxylic acids is 1. The molecule has 0 unspecified atom stereocenters. The van der Waals surface area contributed by atoms with Gasteiger partial charge in [-0.05, 0) is 62.2 Å². The zero-order valence-electron chi connectivity index (χ0n) is 19.4. The van der Waals surface area contributed by atoms with Crippen LogP contribution in [0.1, 0.15) is 24.1 Å². The molecule has 0 atom stereocenters. The number of urea groups is 1. The molecule has 9 nitrogen and oxygen atoms in total. The number of carboxylic acid groups (broad SMARTS) is 1. The van der Waals surface area contributed by atoms with Crippen LogP contribution in [0, 0.1) is 6.92 Å². The lowest BCUT2D eigenvalue weighted by Gasteiger charge is -2.38. The fourth-order valence-corrected chi connectivity index (χ4v) is 4.33. The van der Waals surface area contributed by atoms with Gasteiger partial charge in [0.2, 0.25) is 0 Å². The van der Waals surface area contributed by atoms with E-state index in [2.05, 4.69) is 0 Å². The van der Waals surface area contributed by atoms with E-state index in [-0.39, 0.29) is 25.9 Å². The Kier molecular flexibility index (Phi) is 6.30. The molecule has 2 N–H and O–H groups in total. The second-order valence-corrected chi connectivity index (χ2v) is 8.57. The summed E-state index contributed by atoms with van der Waals surface area (Å²) in [6.45, 7) is 2.40. The third-order valence-corrected chi connectivity index (χ3v) is 6.44. The van der Waals surface area contributed by atoms with Crippen molar-refractivity contribution in [2.75, 3.05) is 27.2 Å². The average Bonchev–Trinajstić information content (AvgIpc) is 3.30. The summed E-state index contributed by atoms with van der Waals surface area (Å²) in [6, 6.07) is 16.7. The van der Waals surface area contributed by atoms with Crippen LogP contribution in [0.3, 0.4) is 0 Å². The summed E-state index contributed by atoms with van der Waals surface area (Å²) in [5.74, 6) is -0.259. The Morgan fingerprint density at radius 1 is 1.06 bits per heavy atom. The summed E-state index contributed by atoms with van der Waals surface area (Å²) >= 11 is 0. The molecule has 1 saturated heterocycles. The van der Waals surface area contributed by atoms with Crippen molar-refractivity contribution >= 4 is 12.0 Å². The third kappa shape index (κ3) is 4.22. The quantitative estimate of drug-likeness (QED) is 0.440. The van der Waals surface area contributed by atoms with Crippen LogP contribution in [-0.2, 0) is 10.2 Å². The lowest BCUT2D eigenvalue weighted by molar-refractivity contribution is -0.146. The van der Waals surface area contributed by atoms with Gasteiger partial charge >= 0.3 is 12.0 Å². The minimum Gasteiger partial charge on any atom is -0.497 e. The number of hydrogen-bond acceptors (Lipinski definition) is 5. The number of rotatable bonds is 5. The smallest absolute Gasteiger partial charge is 0.343 e. The zero-order valence-corrected chi connectivity index (χ0v) is 19.4. The standard InChI is InChI=1S/C25H28N4O5/c1-17-4-8-19(9-5-17)29-21(18-6-10-20(34-3)11-7-18)16-22(26-29)25(23(30)31)12-14-28(15-13-25)24(32)27(2)33/h4-11,16,33H,12-15H2,1-3H3,(H,30,31). The molecule has 1 aliphatic rings. The van der Waals surface area contributed by atoms with Gasteiger partial charge in [0, 0.05) is 25.7 Å². The van der Waals surface area contributed by atoms with E-state index in [0.717, 1.165) is 28.3 Å². The van der Waals surface area contributed by atoms with E-state index in [1.54, 1.807) is 11.8 Å². The molecule has 1 aliphatic heterocycles. The number of likely N-dealkylation sites (tertiary alicyclic amines) is 1. The van der Waals surface area contributed by atoms with Crippen molar-refractivity contribution in [2.24, 2.45) is 0 Å². The van der Waals surface area contributed by atoms with Gasteiger partial charge < -0.3 is 14.7 Å². The number of carbonyl (C=O) groups is 2. The molecule has 9 heteroatoms. The van der Waals surface area contributed by atoms with Crippen LogP contribution in [0.4, 0.5) is 4.79 Å². The lowest BCUT2D eigenvalue weighted by Crippen LogP contribution is -2.51. The number of hydrogen-bond donors (Lipinski definition) is 2. The van der Waals surface area contributed by atoms with Gasteiger partial charge in [-0.15, -0.1) is 0 Å². The topological polar surface area (TPSA) is 108 Å². The molecule has 0 saturated carbocycles. The number of ether oxygens (including phenoxy) is 1. The SMILES string of the molecule is COc1ccc(-c2cc(C3(C(=O)O)CCN(C(=O)N(C)O)CC3)nn2-c2ccc(C)cc2)cc1. The molecule has 178 valence electrons. The Hall–Kier alpha value is -3.85. The fraction of sp³-hybridized carbons (Fsp3) is 0.320. The molecule has 1 aromatic heterocycles. The predicted molar refractivity (Wildman–Crippen MR) is 125 cm³/mol. The number of hydroxylamine groups is 2. The molecule has 4 rings (SSSR count). The Bertz CT molecular complexity index is 1180. The van der Waals surface area contributed by atoms with Gasteiger partial charge in [-0.3, -0.25) is 10.0 Å². The molecule has 2 amide bonds. The third-order valence-electron chi connectivity index (χ3n) is 6.44. The summed E-state index contributed by atoms with van der Waals surface area (Å²) in [5.41, 5.74) is 2.75. The van der Waals surface area contributed by atoms with Crippen LogP contribution in [-0.4, -0.2) is 69.3 Å². The number of nitrogens with zero attached hydrogens (tertiary/aromatic N) is 4. The van der Waals surface area contributed by atoms with E-state index in [1.165, 1.54) is 11.9 Å². The van der Waals surface area contributed by atoms with Crippen molar-refractivity contribution in [2.45, 2.75) is 25.2 Å². The molecule has 1 fully saturated rings. The van der Waals surface area contributed by atoms with Crippen molar-refractivity contribution < 1.29 is 24.6 Å². The van der Waals surface area contributed by atoms with E-state index in [0.29, 0.717) is 10.8 Å². The minimum absolute atomic E-state index is 0.189. The predicted octanol–water partition coefficient (Wildman–Crippen LogP) is 3.72. The van der Waals surface area contributed by atoms with E-state index < -0.39 is 17.4 Å². The number of aliphatic carboxylic acids is 1. The molecule has 2 heterocycles. The van der Waals surface area contributed by atoms with Crippen LogP contribution < -0.4 is 4.74 Å². The van der Waals surface area contributed by atoms with E-state index in [4.69, 9.17) is 9.84 Å². The fourth-order valence-electron chi connectivity index (χ4n) is 4.33. The number of methoxy groups -OCH3 is 1. The monoisotopic (exact) mass is 464 g/mol. The Morgan fingerprint density at radius 2 is 1.68 bits per heavy atom. The van der Waals surface area contributed by atoms with Crippen molar-refractivity contribution in [1.29, 1.82) is 0 Å². The number of carboxylic acids is 1. The number of aromatic nitrogens is 2. The van der Waals surface area contributed by atoms with Gasteiger partial charge in [-0.2, -0.15) is 5.10 Å². The first kappa shape index (κ1) is 23.3. The minimum atomic E-state index is -1.25. The summed E-state index contributed by atoms with van der Waals surface area (Å²) < 4.78 is 7.04. The average molecular weight is 465 g/mol. The Labute approximate surface area is 197 Å². The van der Waals surface area contributed by atoms with Crippen LogP contribution in [0.5, 0.6) is 5.75 Å². The largest absolute Gasteiger partial charge is 0.497 e. The highest BCUT2D eigenvalue weighted by Gasteiger charge is 2.46. The highest BCUT2D eigenvalue weighted by molar-refractivity contribution is 5.82. The Morgan fingerprint density at radius 3 is 2.21 bits per heavy atom. The maximum Gasteiger partial charge on any atom is 0.343 e. The second-order valence-electron chi connectivity index (χ2n) is 8.57. The normalized spacial score (nSPS) is 15.1. The molecular formula is C25H28N4O5. The highest BCUT2D eigenvalue weighted by atomic mass is 16.5. The maximum atomic E-state index is 12.6. The summed E-state index contributed by atoms with van der Waals surface area (Å²) in [4.78, 5) is 26.2. The van der Waals surface area contributed by atoms with Crippen LogP contribution >= 0.6 is 0 Å². The second kappa shape index (κ2) is 9.18. The first-order valence-electron chi connectivity index (χ1n) is 11.0. The van der Waals surface area contributed by atoms with Crippen molar-refractivity contribution in [3.63, 3.8) is 0 Å². The van der Waals surface area contributed by atoms with E-state index in [9.17, 15) is 19.9 Å². The number of aryl methyl sites for hydroxylation is 1. The highest BCUT2D eigenvalue weighted by Crippen LogP contribution is 2.38. The first-order valence-corrected chi connectivity index (χ1v) is 11.0. The molecule has 0 radical (unpaired) electrons. The molecule has 34 heavy (non-hydrogen) atoms. The van der Waals surface area contributed by atoms with Crippen LogP contribution in [0.15, 0.2) is 54.6 Å². The maximum absolute atomic E-state index is 12.6. The first-order chi connectivity index (χ1) is 16.2. The van der Waals surface area contributed by atoms with Gasteiger partial charge in [-0.25, -0.2) is 14.5 Å². The summed E-state index contributed by atoms with van der Waals surface area (Å²) in [6.07, 6.45) is 0.379.